The summed E-state index contributed by atoms with van der Waals surface area (Å²) in [5, 5.41) is 0. The predicted molar refractivity (Wildman–Crippen MR) is 79.2 cm³/mol. The van der Waals surface area contributed by atoms with Crippen LogP contribution in [-0.2, 0) is 21.2 Å². The van der Waals surface area contributed by atoms with Gasteiger partial charge in [-0.15, -0.1) is 0 Å². The maximum Gasteiger partial charge on any atom is 0.154 e. The molecule has 3 nitrogen and oxygen atoms in total. The molecular formula is C11H12BrIO3S. The van der Waals surface area contributed by atoms with Crippen LogP contribution in [0.5, 0.6) is 0 Å². The molecule has 17 heavy (non-hydrogen) atoms. The third-order valence-corrected chi connectivity index (χ3v) is 6.96. The number of alkyl halides is 1. The lowest BCUT2D eigenvalue weighted by atomic mass is 10.2. The molecule has 0 aromatic heterocycles. The molecule has 0 radical (unpaired) electrons. The van der Waals surface area contributed by atoms with E-state index in [1.165, 1.54) is 0 Å². The minimum atomic E-state index is -2.90. The Bertz CT molecular complexity index is 503. The molecule has 0 saturated carbocycles. The first-order valence-electron chi connectivity index (χ1n) is 5.17. The highest BCUT2D eigenvalue weighted by atomic mass is 127. The molecule has 0 amide bonds. The van der Waals surface area contributed by atoms with Crippen molar-refractivity contribution in [3.8, 4) is 0 Å². The fourth-order valence-corrected chi connectivity index (χ4v) is 6.25. The normalized spacial score (nSPS) is 27.2. The van der Waals surface area contributed by atoms with Crippen LogP contribution in [-0.4, -0.2) is 30.0 Å². The van der Waals surface area contributed by atoms with Gasteiger partial charge in [0.1, 0.15) is 0 Å². The minimum absolute atomic E-state index is 0.0556. The van der Waals surface area contributed by atoms with E-state index < -0.39 is 9.84 Å². The Labute approximate surface area is 123 Å². The van der Waals surface area contributed by atoms with E-state index in [0.717, 1.165) is 10.0 Å². The number of hydrogen-bond acceptors (Lipinski definition) is 3. The summed E-state index contributed by atoms with van der Waals surface area (Å²) in [5.74, 6) is 0.374. The Hall–Kier alpha value is 0.340. The van der Waals surface area contributed by atoms with Crippen molar-refractivity contribution < 1.29 is 13.2 Å². The number of hydrogen-bond donors (Lipinski definition) is 0. The standard InChI is InChI=1S/C11H12BrIO3S/c12-9-4-2-1-3-8(9)5-16-11-7-17(14,15)6-10(11)13/h1-4,10-11H,5-7H2. The second-order valence-electron chi connectivity index (χ2n) is 4.03. The smallest absolute Gasteiger partial charge is 0.154 e. The van der Waals surface area contributed by atoms with Crippen molar-refractivity contribution in [2.45, 2.75) is 16.6 Å². The molecule has 2 atom stereocenters. The van der Waals surface area contributed by atoms with Crippen LogP contribution in [0.25, 0.3) is 0 Å². The largest absolute Gasteiger partial charge is 0.371 e. The average Bonchev–Trinajstić information content (AvgIpc) is 2.51. The van der Waals surface area contributed by atoms with Gasteiger partial charge < -0.3 is 4.74 Å². The molecule has 0 aliphatic carbocycles. The molecule has 0 spiro atoms. The average molecular weight is 431 g/mol. The lowest BCUT2D eigenvalue weighted by Crippen LogP contribution is -2.22. The molecule has 6 heteroatoms. The number of rotatable bonds is 3. The van der Waals surface area contributed by atoms with Gasteiger partial charge in [0.25, 0.3) is 0 Å². The Morgan fingerprint density at radius 1 is 1.35 bits per heavy atom. The Balaban J connectivity index is 1.98. The summed E-state index contributed by atoms with van der Waals surface area (Å²) in [6, 6.07) is 7.80. The van der Waals surface area contributed by atoms with Gasteiger partial charge in [0, 0.05) is 4.47 Å². The summed E-state index contributed by atoms with van der Waals surface area (Å²) >= 11 is 5.60. The highest BCUT2D eigenvalue weighted by Crippen LogP contribution is 2.25. The lowest BCUT2D eigenvalue weighted by Gasteiger charge is -2.14. The van der Waals surface area contributed by atoms with Crippen LogP contribution in [0.4, 0.5) is 0 Å². The van der Waals surface area contributed by atoms with Gasteiger partial charge in [-0.2, -0.15) is 0 Å². The van der Waals surface area contributed by atoms with Crippen LogP contribution in [0.15, 0.2) is 28.7 Å². The van der Waals surface area contributed by atoms with Gasteiger partial charge in [-0.3, -0.25) is 0 Å². The zero-order valence-corrected chi connectivity index (χ0v) is 13.5. The van der Waals surface area contributed by atoms with E-state index in [0.29, 0.717) is 6.61 Å². The van der Waals surface area contributed by atoms with Crippen LogP contribution in [0.2, 0.25) is 0 Å². The Morgan fingerprint density at radius 3 is 2.65 bits per heavy atom. The first-order chi connectivity index (χ1) is 7.98. The Morgan fingerprint density at radius 2 is 2.06 bits per heavy atom. The van der Waals surface area contributed by atoms with Gasteiger partial charge in [0.2, 0.25) is 0 Å². The van der Waals surface area contributed by atoms with E-state index in [9.17, 15) is 8.42 Å². The second kappa shape index (κ2) is 5.54. The lowest BCUT2D eigenvalue weighted by molar-refractivity contribution is 0.0636. The number of sulfone groups is 1. The van der Waals surface area contributed by atoms with Crippen molar-refractivity contribution >= 4 is 48.4 Å². The summed E-state index contributed by atoms with van der Waals surface area (Å²) in [4.78, 5) is 0. The summed E-state index contributed by atoms with van der Waals surface area (Å²) in [5.41, 5.74) is 1.04. The highest BCUT2D eigenvalue weighted by molar-refractivity contribution is 14.1. The quantitative estimate of drug-likeness (QED) is 0.546. The molecule has 0 bridgehead atoms. The van der Waals surface area contributed by atoms with Crippen molar-refractivity contribution in [1.82, 2.24) is 0 Å². The monoisotopic (exact) mass is 430 g/mol. The minimum Gasteiger partial charge on any atom is -0.371 e. The molecular weight excluding hydrogens is 419 g/mol. The highest BCUT2D eigenvalue weighted by Gasteiger charge is 2.36. The third kappa shape index (κ3) is 3.65. The van der Waals surface area contributed by atoms with Crippen molar-refractivity contribution in [2.24, 2.45) is 0 Å². The molecule has 1 fully saturated rings. The molecule has 1 aromatic carbocycles. The van der Waals surface area contributed by atoms with E-state index in [1.807, 2.05) is 24.3 Å². The van der Waals surface area contributed by atoms with Gasteiger partial charge >= 0.3 is 0 Å². The van der Waals surface area contributed by atoms with Gasteiger partial charge in [0.05, 0.1) is 28.1 Å². The van der Waals surface area contributed by atoms with Crippen molar-refractivity contribution in [3.63, 3.8) is 0 Å². The molecule has 1 aliphatic heterocycles. The molecule has 1 aromatic rings. The maximum absolute atomic E-state index is 11.4. The van der Waals surface area contributed by atoms with Crippen LogP contribution >= 0.6 is 38.5 Å². The molecule has 1 aliphatic rings. The molecule has 1 heterocycles. The molecule has 1 saturated heterocycles. The molecule has 0 N–H and O–H groups in total. The first kappa shape index (κ1) is 13.8. The van der Waals surface area contributed by atoms with Crippen LogP contribution < -0.4 is 0 Å². The summed E-state index contributed by atoms with van der Waals surface area (Å²) in [6.45, 7) is 0.446. The number of ether oxygens (including phenoxy) is 1. The zero-order valence-electron chi connectivity index (χ0n) is 8.97. The van der Waals surface area contributed by atoms with Crippen LogP contribution in [0.1, 0.15) is 5.56 Å². The predicted octanol–water partition coefficient (Wildman–Crippen LogP) is 2.57. The van der Waals surface area contributed by atoms with E-state index in [1.54, 1.807) is 0 Å². The summed E-state index contributed by atoms with van der Waals surface area (Å²) in [7, 11) is -2.90. The Kier molecular flexibility index (Phi) is 4.49. The maximum atomic E-state index is 11.4. The van der Waals surface area contributed by atoms with E-state index in [2.05, 4.69) is 38.5 Å². The van der Waals surface area contributed by atoms with E-state index >= 15 is 0 Å². The van der Waals surface area contributed by atoms with Crippen molar-refractivity contribution in [1.29, 1.82) is 0 Å². The van der Waals surface area contributed by atoms with Gasteiger partial charge in [-0.1, -0.05) is 56.7 Å². The first-order valence-corrected chi connectivity index (χ1v) is 9.03. The fourth-order valence-electron chi connectivity index (χ4n) is 1.74. The van der Waals surface area contributed by atoms with Crippen LogP contribution in [0.3, 0.4) is 0 Å². The molecule has 2 rings (SSSR count). The topological polar surface area (TPSA) is 43.4 Å². The number of halogens is 2. The second-order valence-corrected chi connectivity index (χ2v) is 8.64. The zero-order chi connectivity index (χ0) is 12.5. The van der Waals surface area contributed by atoms with Crippen LogP contribution in [0, 0.1) is 0 Å². The summed E-state index contributed by atoms with van der Waals surface area (Å²) < 4.78 is 29.6. The van der Waals surface area contributed by atoms with Crippen molar-refractivity contribution in [2.75, 3.05) is 11.5 Å². The number of benzene rings is 1. The molecule has 94 valence electrons. The van der Waals surface area contributed by atoms with E-state index in [-0.39, 0.29) is 21.5 Å². The van der Waals surface area contributed by atoms with E-state index in [4.69, 9.17) is 4.74 Å². The third-order valence-electron chi connectivity index (χ3n) is 2.65. The SMILES string of the molecule is O=S1(=O)CC(I)C(OCc2ccccc2Br)C1. The summed E-state index contributed by atoms with van der Waals surface area (Å²) in [6.07, 6.45) is -0.187. The van der Waals surface area contributed by atoms with Gasteiger partial charge in [-0.25, -0.2) is 8.42 Å². The molecule has 2 unspecified atom stereocenters. The fraction of sp³-hybridized carbons (Fsp3) is 0.455. The van der Waals surface area contributed by atoms with Gasteiger partial charge in [-0.05, 0) is 11.6 Å². The van der Waals surface area contributed by atoms with Gasteiger partial charge in [0.15, 0.2) is 9.84 Å². The van der Waals surface area contributed by atoms with Crippen molar-refractivity contribution in [3.05, 3.63) is 34.3 Å².